The zero-order valence-corrected chi connectivity index (χ0v) is 16.2. The quantitative estimate of drug-likeness (QED) is 0.790. The minimum atomic E-state index is 0.0568. The van der Waals surface area contributed by atoms with Gasteiger partial charge in [0.2, 0.25) is 11.7 Å². The van der Waals surface area contributed by atoms with E-state index in [2.05, 4.69) is 25.2 Å². The lowest BCUT2D eigenvalue weighted by Crippen LogP contribution is -2.59. The van der Waals surface area contributed by atoms with Gasteiger partial charge in [0.05, 0.1) is 6.26 Å². The molecule has 144 valence electrons. The molecule has 0 spiro atoms. The lowest BCUT2D eigenvalue weighted by molar-refractivity contribution is -0.122. The van der Waals surface area contributed by atoms with Crippen LogP contribution in [0.1, 0.15) is 62.9 Å². The molecule has 1 aromatic heterocycles. The SMILES string of the molecule is C[C@]12C=CC(=O)N[C@@H]1CC[C@@H]1[C@@H]2CC[C@]2(C)[C@@H](C(=O)c3ccco3)CC[C@@H]12. The third kappa shape index (κ3) is 2.34. The van der Waals surface area contributed by atoms with Gasteiger partial charge < -0.3 is 9.73 Å². The average Bonchev–Trinajstić information content (AvgIpc) is 3.29. The monoisotopic (exact) mass is 367 g/mol. The standard InChI is InChI=1S/C23H29NO3/c1-22-11-9-16-14(5-8-19-23(16,2)12-10-20(25)24-19)15(22)6-7-17(22)21(26)18-4-3-13-27-18/h3-4,10,12-17,19H,5-9,11H2,1-2H3,(H,24,25)/t14-,15-,16-,17+,19+,22-,23+/m0/s1. The molecule has 3 fully saturated rings. The van der Waals surface area contributed by atoms with E-state index in [0.717, 1.165) is 32.1 Å². The Bertz CT molecular complexity index is 797. The molecule has 4 heteroatoms. The fourth-order valence-corrected chi connectivity index (χ4v) is 7.35. The average molecular weight is 367 g/mol. The summed E-state index contributed by atoms with van der Waals surface area (Å²) in [7, 11) is 0. The molecule has 5 rings (SSSR count). The summed E-state index contributed by atoms with van der Waals surface area (Å²) in [5.74, 6) is 2.72. The number of furan rings is 1. The summed E-state index contributed by atoms with van der Waals surface area (Å²) in [5, 5.41) is 3.21. The zero-order valence-electron chi connectivity index (χ0n) is 16.2. The van der Waals surface area contributed by atoms with E-state index in [4.69, 9.17) is 4.42 Å². The molecule has 0 bridgehead atoms. The molecular formula is C23H29NO3. The maximum absolute atomic E-state index is 13.1. The number of fused-ring (bicyclic) bond motifs is 5. The van der Waals surface area contributed by atoms with Crippen molar-refractivity contribution >= 4 is 11.7 Å². The second-order valence-electron chi connectivity index (χ2n) is 9.73. The van der Waals surface area contributed by atoms with Gasteiger partial charge in [0.25, 0.3) is 0 Å². The molecule has 3 saturated carbocycles. The maximum Gasteiger partial charge on any atom is 0.243 e. The van der Waals surface area contributed by atoms with Crippen LogP contribution in [0.3, 0.4) is 0 Å². The van der Waals surface area contributed by atoms with Crippen LogP contribution in [-0.2, 0) is 4.79 Å². The minimum Gasteiger partial charge on any atom is -0.461 e. The Kier molecular flexibility index (Phi) is 3.73. The number of hydrogen-bond acceptors (Lipinski definition) is 3. The molecule has 7 atom stereocenters. The zero-order chi connectivity index (χ0) is 18.8. The number of ketones is 1. The molecule has 3 aliphatic carbocycles. The van der Waals surface area contributed by atoms with Gasteiger partial charge in [-0.15, -0.1) is 0 Å². The van der Waals surface area contributed by atoms with Gasteiger partial charge in [0.1, 0.15) is 0 Å². The Labute approximate surface area is 160 Å². The van der Waals surface area contributed by atoms with Gasteiger partial charge in [-0.1, -0.05) is 19.9 Å². The first-order chi connectivity index (χ1) is 12.9. The predicted molar refractivity (Wildman–Crippen MR) is 102 cm³/mol. The first-order valence-corrected chi connectivity index (χ1v) is 10.5. The van der Waals surface area contributed by atoms with E-state index in [-0.39, 0.29) is 34.5 Å². The van der Waals surface area contributed by atoms with Gasteiger partial charge in [-0.2, -0.15) is 0 Å². The smallest absolute Gasteiger partial charge is 0.243 e. The topological polar surface area (TPSA) is 59.3 Å². The van der Waals surface area contributed by atoms with Crippen LogP contribution >= 0.6 is 0 Å². The lowest BCUT2D eigenvalue weighted by Gasteiger charge is -2.58. The molecule has 1 aromatic rings. The number of carbonyl (C=O) groups excluding carboxylic acids is 2. The van der Waals surface area contributed by atoms with Crippen molar-refractivity contribution < 1.29 is 14.0 Å². The van der Waals surface area contributed by atoms with Crippen LogP contribution in [0.25, 0.3) is 0 Å². The highest BCUT2D eigenvalue weighted by atomic mass is 16.3. The number of rotatable bonds is 2. The second-order valence-corrected chi connectivity index (χ2v) is 9.73. The summed E-state index contributed by atoms with van der Waals surface area (Å²) in [4.78, 5) is 24.9. The minimum absolute atomic E-state index is 0.0568. The molecule has 4 nitrogen and oxygen atoms in total. The normalized spacial score (nSPS) is 45.6. The highest BCUT2D eigenvalue weighted by molar-refractivity contribution is 5.96. The fourth-order valence-electron chi connectivity index (χ4n) is 7.35. The van der Waals surface area contributed by atoms with Crippen LogP contribution in [0.4, 0.5) is 0 Å². The highest BCUT2D eigenvalue weighted by Crippen LogP contribution is 2.65. The van der Waals surface area contributed by atoms with Gasteiger partial charge in [-0.25, -0.2) is 0 Å². The van der Waals surface area contributed by atoms with Crippen LogP contribution in [0.5, 0.6) is 0 Å². The molecule has 1 N–H and O–H groups in total. The molecule has 2 heterocycles. The first kappa shape index (κ1) is 17.3. The molecule has 4 aliphatic rings. The Morgan fingerprint density at radius 2 is 2.00 bits per heavy atom. The van der Waals surface area contributed by atoms with Crippen LogP contribution in [0.2, 0.25) is 0 Å². The Morgan fingerprint density at radius 1 is 1.15 bits per heavy atom. The third-order valence-corrected chi connectivity index (χ3v) is 8.77. The van der Waals surface area contributed by atoms with Crippen LogP contribution < -0.4 is 5.32 Å². The van der Waals surface area contributed by atoms with E-state index < -0.39 is 0 Å². The molecule has 0 aromatic carbocycles. The summed E-state index contributed by atoms with van der Waals surface area (Å²) in [6.45, 7) is 4.70. The Balaban J connectivity index is 1.44. The van der Waals surface area contributed by atoms with Crippen molar-refractivity contribution in [1.82, 2.24) is 5.32 Å². The van der Waals surface area contributed by atoms with Crippen molar-refractivity contribution in [3.05, 3.63) is 36.3 Å². The number of carbonyl (C=O) groups is 2. The van der Waals surface area contributed by atoms with Crippen LogP contribution in [0.15, 0.2) is 35.0 Å². The van der Waals surface area contributed by atoms with Gasteiger partial charge in [-0.05, 0) is 79.9 Å². The fraction of sp³-hybridized carbons (Fsp3) is 0.652. The largest absolute Gasteiger partial charge is 0.461 e. The number of Topliss-reactive ketones (excluding diaryl/α,β-unsaturated/α-hetero) is 1. The summed E-state index contributed by atoms with van der Waals surface area (Å²) >= 11 is 0. The van der Waals surface area contributed by atoms with Crippen molar-refractivity contribution in [1.29, 1.82) is 0 Å². The predicted octanol–water partition coefficient (Wildman–Crippen LogP) is 4.38. The van der Waals surface area contributed by atoms with Crippen LogP contribution in [0, 0.1) is 34.5 Å². The molecule has 0 unspecified atom stereocenters. The van der Waals surface area contributed by atoms with Crippen molar-refractivity contribution in [3.8, 4) is 0 Å². The van der Waals surface area contributed by atoms with Crippen molar-refractivity contribution in [2.24, 2.45) is 34.5 Å². The molecule has 27 heavy (non-hydrogen) atoms. The Morgan fingerprint density at radius 3 is 2.78 bits per heavy atom. The van der Waals surface area contributed by atoms with Gasteiger partial charge in [0, 0.05) is 17.4 Å². The summed E-state index contributed by atoms with van der Waals surface area (Å²) in [5.41, 5.74) is 0.136. The van der Waals surface area contributed by atoms with Crippen molar-refractivity contribution in [2.45, 2.75) is 58.4 Å². The summed E-state index contributed by atoms with van der Waals surface area (Å²) in [6.07, 6.45) is 12.1. The number of hydrogen-bond donors (Lipinski definition) is 1. The molecular weight excluding hydrogens is 338 g/mol. The van der Waals surface area contributed by atoms with Crippen molar-refractivity contribution in [2.75, 3.05) is 0 Å². The second kappa shape index (κ2) is 5.83. The van der Waals surface area contributed by atoms with Gasteiger partial charge in [0.15, 0.2) is 5.76 Å². The van der Waals surface area contributed by atoms with Crippen molar-refractivity contribution in [3.63, 3.8) is 0 Å². The lowest BCUT2D eigenvalue weighted by atomic mass is 9.47. The van der Waals surface area contributed by atoms with Gasteiger partial charge >= 0.3 is 0 Å². The van der Waals surface area contributed by atoms with E-state index in [9.17, 15) is 9.59 Å². The molecule has 1 aliphatic heterocycles. The molecule has 0 radical (unpaired) electrons. The maximum atomic E-state index is 13.1. The number of nitrogens with one attached hydrogen (secondary N) is 1. The highest BCUT2D eigenvalue weighted by Gasteiger charge is 2.61. The van der Waals surface area contributed by atoms with E-state index in [1.807, 2.05) is 12.1 Å². The molecule has 1 amide bonds. The van der Waals surface area contributed by atoms with Gasteiger partial charge in [-0.3, -0.25) is 9.59 Å². The van der Waals surface area contributed by atoms with E-state index >= 15 is 0 Å². The van der Waals surface area contributed by atoms with E-state index in [1.54, 1.807) is 12.3 Å². The summed E-state index contributed by atoms with van der Waals surface area (Å²) < 4.78 is 5.44. The first-order valence-electron chi connectivity index (χ1n) is 10.5. The summed E-state index contributed by atoms with van der Waals surface area (Å²) in [6, 6.07) is 3.89. The van der Waals surface area contributed by atoms with Crippen LogP contribution in [-0.4, -0.2) is 17.7 Å². The van der Waals surface area contributed by atoms with E-state index in [1.165, 1.54) is 6.42 Å². The van der Waals surface area contributed by atoms with E-state index in [0.29, 0.717) is 23.5 Å². The Hall–Kier alpha value is -1.84. The molecule has 0 saturated heterocycles. The third-order valence-electron chi connectivity index (χ3n) is 8.77. The number of amides is 1.